The van der Waals surface area contributed by atoms with Gasteiger partial charge in [-0.2, -0.15) is 0 Å². The number of fused-ring (bicyclic) bond motifs is 2. The molecule has 0 spiro atoms. The monoisotopic (exact) mass is 1870 g/mol. The number of hydrogen-bond acceptors (Lipinski definition) is 27. The number of ether oxygens (including phenoxy) is 6. The van der Waals surface area contributed by atoms with Crippen LogP contribution in [-0.2, 0) is 86.0 Å². The van der Waals surface area contributed by atoms with Crippen LogP contribution in [0.2, 0.25) is 0 Å². The van der Waals surface area contributed by atoms with Gasteiger partial charge in [-0.25, -0.2) is 45.4 Å². The van der Waals surface area contributed by atoms with Crippen molar-refractivity contribution in [2.24, 2.45) is 22.4 Å². The number of esters is 3. The molecule has 5 saturated carbocycles. The molecule has 2 aliphatic heterocycles. The van der Waals surface area contributed by atoms with Crippen LogP contribution in [0.4, 0.5) is 11.4 Å². The molecule has 710 valence electrons. The molecule has 40 heteroatoms. The number of amides is 5. The minimum atomic E-state index is -1.10. The molecule has 0 radical (unpaired) electrons. The third kappa shape index (κ3) is 27.0. The third-order valence-corrected chi connectivity index (χ3v) is 22.6. The van der Waals surface area contributed by atoms with Crippen molar-refractivity contribution in [3.63, 3.8) is 0 Å². The summed E-state index contributed by atoms with van der Waals surface area (Å²) in [5.41, 5.74) is 21.8. The van der Waals surface area contributed by atoms with Gasteiger partial charge in [0.05, 0.1) is 64.9 Å². The zero-order valence-corrected chi connectivity index (χ0v) is 77.0. The Bertz CT molecular complexity index is 5850. The van der Waals surface area contributed by atoms with Gasteiger partial charge < -0.3 is 70.7 Å². The van der Waals surface area contributed by atoms with Crippen molar-refractivity contribution in [2.75, 3.05) is 63.5 Å². The van der Waals surface area contributed by atoms with Gasteiger partial charge >= 0.3 is 48.7 Å². The van der Waals surface area contributed by atoms with E-state index in [2.05, 4.69) is 93.2 Å². The number of aromatic amines is 3. The van der Waals surface area contributed by atoms with E-state index in [4.69, 9.17) is 47.1 Å². The molecule has 38 nitrogen and oxygen atoms in total. The topological polar surface area (TPSA) is 578 Å². The minimum absolute atomic E-state index is 0. The summed E-state index contributed by atoms with van der Waals surface area (Å²) in [6, 6.07) is 71.9. The molecule has 11 aromatic rings. The molecule has 8 aromatic carbocycles. The predicted molar refractivity (Wildman–Crippen MR) is 498 cm³/mol. The van der Waals surface area contributed by atoms with Crippen LogP contribution >= 0.6 is 12.4 Å². The number of anilines is 2. The number of aliphatic carboxylic acids is 1. The van der Waals surface area contributed by atoms with Crippen LogP contribution in [-0.4, -0.2) is 198 Å². The molecular weight excluding hydrogens is 1770 g/mol. The van der Waals surface area contributed by atoms with Gasteiger partial charge in [-0.3, -0.25) is 54.9 Å². The minimum Gasteiger partial charge on any atom is -0.870 e. The van der Waals surface area contributed by atoms with E-state index in [1.807, 2.05) is 206 Å². The third-order valence-electron chi connectivity index (χ3n) is 22.6. The molecule has 3 aromatic heterocycles. The van der Waals surface area contributed by atoms with Crippen molar-refractivity contribution >= 4 is 94.9 Å². The Balaban J connectivity index is 0.000000194. The van der Waals surface area contributed by atoms with Gasteiger partial charge in [0.2, 0.25) is 23.5 Å². The maximum atomic E-state index is 12.7. The SMILES string of the molecule is CCOC(=N)C(=O)OCC.CCOC(=O)/C(N)=N\NC(=O)C1(c2ccccc2)CC1.CCOC(=O)c1n[nH]c(C2(c3ccccc3)CC2)n1.CN1C(=O)[C@@H](N)COc2ccccc21.CN1C(=O)[C@@H](NC(=O)c2n[nH]c(Cc3ccccc3)n2)COc2ccccc21.Cl.NNC(=O)C1(c2ccccc2)CC1.O=C(O)C1(c2ccccc2)CC1.O=C(O)c1n[nH]c(C2(c3ccccc3)CC2)n1.[Li+].[OH-]. The van der Waals surface area contributed by atoms with E-state index in [0.29, 0.717) is 48.5 Å². The van der Waals surface area contributed by atoms with Crippen LogP contribution in [0.1, 0.15) is 175 Å². The number of nitrogens with two attached hydrogens (primary N) is 3. The second-order valence-electron chi connectivity index (χ2n) is 31.5. The van der Waals surface area contributed by atoms with E-state index in [1.54, 1.807) is 53.9 Å². The summed E-state index contributed by atoms with van der Waals surface area (Å²) in [6.07, 6.45) is 9.43. The van der Waals surface area contributed by atoms with Crippen LogP contribution in [0, 0.1) is 5.41 Å². The first-order chi connectivity index (χ1) is 64.2. The normalized spacial score (nSPS) is 16.2. The Morgan fingerprint density at radius 2 is 0.882 bits per heavy atom. The van der Waals surface area contributed by atoms with Crippen molar-refractivity contribution in [1.29, 1.82) is 5.41 Å². The fraction of sp³-hybridized carbons (Fsp3) is 0.312. The van der Waals surface area contributed by atoms with Gasteiger partial charge in [0.15, 0.2) is 0 Å². The van der Waals surface area contributed by atoms with Crippen molar-refractivity contribution in [3.8, 4) is 11.5 Å². The number of rotatable bonds is 21. The first kappa shape index (κ1) is 107. The number of carbonyl (C=O) groups is 10. The van der Waals surface area contributed by atoms with Crippen LogP contribution in [0.3, 0.4) is 0 Å². The number of hydrazine groups is 1. The van der Waals surface area contributed by atoms with Gasteiger partial charge in [-0.05, 0) is 150 Å². The van der Waals surface area contributed by atoms with E-state index in [1.165, 1.54) is 15.4 Å². The maximum absolute atomic E-state index is 12.7. The van der Waals surface area contributed by atoms with Crippen molar-refractivity contribution in [2.45, 2.75) is 137 Å². The summed E-state index contributed by atoms with van der Waals surface area (Å²) in [4.78, 5) is 131. The second-order valence-corrected chi connectivity index (χ2v) is 31.5. The number of carbonyl (C=O) groups excluding carboxylic acids is 8. The summed E-state index contributed by atoms with van der Waals surface area (Å²) >= 11 is 0. The van der Waals surface area contributed by atoms with Gasteiger partial charge in [0.25, 0.3) is 35.3 Å². The zero-order valence-electron chi connectivity index (χ0n) is 76.2. The fourth-order valence-electron chi connectivity index (χ4n) is 14.5. The molecule has 2 atom stereocenters. The Labute approximate surface area is 802 Å². The van der Waals surface area contributed by atoms with Crippen molar-refractivity contribution in [1.82, 2.24) is 61.7 Å². The summed E-state index contributed by atoms with van der Waals surface area (Å²) in [6.45, 7) is 8.20. The van der Waals surface area contributed by atoms with Crippen LogP contribution in [0.25, 0.3) is 0 Å². The number of para-hydroxylation sites is 4. The van der Waals surface area contributed by atoms with Gasteiger partial charge in [0, 0.05) is 20.5 Å². The molecule has 0 saturated heterocycles. The molecule has 136 heavy (non-hydrogen) atoms. The first-order valence-corrected chi connectivity index (χ1v) is 43.1. The molecule has 18 rings (SSSR count). The van der Waals surface area contributed by atoms with E-state index >= 15 is 0 Å². The second kappa shape index (κ2) is 49.8. The molecule has 5 aliphatic carbocycles. The van der Waals surface area contributed by atoms with E-state index in [-0.39, 0.29) is 126 Å². The molecule has 0 unspecified atom stereocenters. The number of nitrogens with zero attached hydrogens (tertiary/aromatic N) is 9. The average molecular weight is 1880 g/mol. The zero-order chi connectivity index (χ0) is 95.3. The number of amidine groups is 1. The summed E-state index contributed by atoms with van der Waals surface area (Å²) in [5.74, 6) is 2.62. The quantitative estimate of drug-likeness (QED) is 0.00530. The molecule has 5 amide bonds. The van der Waals surface area contributed by atoms with Crippen molar-refractivity contribution < 1.29 is 111 Å². The van der Waals surface area contributed by atoms with E-state index in [9.17, 15) is 47.9 Å². The summed E-state index contributed by atoms with van der Waals surface area (Å²) in [5, 5.41) is 51.0. The average Bonchev–Trinajstić information content (AvgIpc) is 1.56. The Morgan fingerprint density at radius 3 is 1.31 bits per heavy atom. The number of benzene rings is 8. The smallest absolute Gasteiger partial charge is 0.870 e. The van der Waals surface area contributed by atoms with Crippen LogP contribution < -0.4 is 71.6 Å². The van der Waals surface area contributed by atoms with Crippen LogP contribution in [0.15, 0.2) is 236 Å². The number of H-pyrrole nitrogens is 3. The number of carboxylic acid groups (broad SMARTS) is 2. The number of nitrogens with one attached hydrogen (secondary N) is 7. The van der Waals surface area contributed by atoms with E-state index < -0.39 is 64.6 Å². The van der Waals surface area contributed by atoms with Gasteiger partial charge in [-0.1, -0.05) is 206 Å². The number of carboxylic acids is 2. The molecule has 5 heterocycles. The summed E-state index contributed by atoms with van der Waals surface area (Å²) < 4.78 is 29.7. The number of aromatic carboxylic acids is 1. The molecule has 0 bridgehead atoms. The predicted octanol–water partition coefficient (Wildman–Crippen LogP) is 6.56. The molecular formula is C96H109ClLiN19O19. The number of aromatic nitrogens is 9. The van der Waals surface area contributed by atoms with Gasteiger partial charge in [-0.15, -0.1) is 32.8 Å². The fourth-order valence-corrected chi connectivity index (χ4v) is 14.5. The maximum Gasteiger partial charge on any atom is 1.00 e. The van der Waals surface area contributed by atoms with Crippen LogP contribution in [0.5, 0.6) is 11.5 Å². The Morgan fingerprint density at radius 1 is 0.493 bits per heavy atom. The Hall–Kier alpha value is -14.8. The number of halogens is 1. The van der Waals surface area contributed by atoms with E-state index in [0.717, 1.165) is 104 Å². The standard InChI is InChI=1S/C20H19N5O3.C14H17N3O3.C14H15N3O2.C12H11N3O2.C10H12N2O2.C10H12N2O.C10H10O2.C6H11NO3.ClH.Li.H2O/c1-25-15-9-5-6-10-16(15)28-12-14(20(25)27)21-19(26)18-22-17(23-24-18)11-13-7-3-2-4-8-13;1-2-20-12(18)11(15)16-17-13(19)14(8-9-14)10-6-4-3-5-7-10;1-2-19-12(18)11-15-13(17-16-11)14(8-9-14)10-6-4-3-5-7-10;16-10(17)9-13-11(15-14-9)12(6-7-12)8-4-2-1-3-5-8;1-12-8-4-2-3-5-9(8)14-6-7(11)10(12)13;11-12-9(13)10(6-7-10)8-4-2-1-3-5-8;11-9(12)10(6-7-10)8-4-2-1-3-5-8;1-3-9-5(7)6(8)10-4-2;;;/h2-10,14H,11-12H2,1H3,(H,21,26)(H,22,23,24);3-7H,2,8-9H2,1H3,(H2,15,16)(H,17,19);3-7H,2,8-9H2,1H3,(H,15,16,17);1-5H,6-7H2,(H,16,17)(H,13,14,15);2-5,7H,6,11H2,1H3;1-5H,6-7,11H2,(H,12,13);1-5H,6-7H2,(H,11,12);7H,3-4H2,1-2H3;1H;;1H2/q;;;;;;;;;+1;/p-1/t14-;;;;7-;;;;;;/m0...0....../s1. The molecule has 16 N–H and O–H groups in total. The summed E-state index contributed by atoms with van der Waals surface area (Å²) in [7, 11) is 3.36. The number of likely N-dealkylation sites (N-methyl/N-ethyl adjacent to an activating group) is 2. The molecule has 7 aliphatic rings. The number of hydrogen-bond donors (Lipinski definition) is 12. The largest absolute Gasteiger partial charge is 1.00 e. The van der Waals surface area contributed by atoms with Crippen molar-refractivity contribution in [3.05, 3.63) is 299 Å². The molecule has 5 fully saturated rings. The number of hydrazone groups is 1. The first-order valence-electron chi connectivity index (χ1n) is 43.1. The van der Waals surface area contributed by atoms with Gasteiger partial charge in [0.1, 0.15) is 54.3 Å². The Kier molecular flexibility index (Phi) is 39.0.